The molecule has 0 spiro atoms. The lowest BCUT2D eigenvalue weighted by atomic mass is 10.1. The fourth-order valence-corrected chi connectivity index (χ4v) is 2.06. The van der Waals surface area contributed by atoms with Gasteiger partial charge < -0.3 is 15.2 Å². The quantitative estimate of drug-likeness (QED) is 0.821. The Kier molecular flexibility index (Phi) is 4.83. The van der Waals surface area contributed by atoms with Crippen LogP contribution in [0.15, 0.2) is 24.3 Å². The molecule has 1 saturated heterocycles. The van der Waals surface area contributed by atoms with Crippen LogP contribution in [0.5, 0.6) is 5.75 Å². The predicted octanol–water partition coefficient (Wildman–Crippen LogP) is 2.14. The van der Waals surface area contributed by atoms with Crippen LogP contribution in [-0.2, 0) is 11.2 Å². The average molecular weight is 235 g/mol. The van der Waals surface area contributed by atoms with Crippen molar-refractivity contribution < 1.29 is 9.47 Å². The van der Waals surface area contributed by atoms with Gasteiger partial charge in [0.1, 0.15) is 12.4 Å². The number of aryl methyl sites for hydroxylation is 1. The summed E-state index contributed by atoms with van der Waals surface area (Å²) in [7, 11) is 0. The molecule has 3 heteroatoms. The van der Waals surface area contributed by atoms with E-state index in [0.717, 1.165) is 44.6 Å². The second-order valence-electron chi connectivity index (χ2n) is 4.49. The Hall–Kier alpha value is -1.06. The molecule has 1 aliphatic heterocycles. The molecule has 2 N–H and O–H groups in total. The van der Waals surface area contributed by atoms with Gasteiger partial charge in [0, 0.05) is 6.61 Å². The van der Waals surface area contributed by atoms with Crippen LogP contribution in [0.2, 0.25) is 0 Å². The molecule has 1 aliphatic rings. The van der Waals surface area contributed by atoms with Crippen molar-refractivity contribution in [2.45, 2.75) is 31.8 Å². The lowest BCUT2D eigenvalue weighted by molar-refractivity contribution is 0.0679. The summed E-state index contributed by atoms with van der Waals surface area (Å²) < 4.78 is 11.3. The van der Waals surface area contributed by atoms with Crippen LogP contribution < -0.4 is 10.5 Å². The highest BCUT2D eigenvalue weighted by atomic mass is 16.5. The van der Waals surface area contributed by atoms with Gasteiger partial charge >= 0.3 is 0 Å². The molecule has 17 heavy (non-hydrogen) atoms. The Morgan fingerprint density at radius 1 is 1.41 bits per heavy atom. The molecule has 0 aliphatic carbocycles. The van der Waals surface area contributed by atoms with Crippen molar-refractivity contribution in [3.05, 3.63) is 29.8 Å². The molecule has 0 aromatic heterocycles. The highest BCUT2D eigenvalue weighted by Gasteiger charge is 2.15. The Morgan fingerprint density at radius 3 is 3.12 bits per heavy atom. The summed E-state index contributed by atoms with van der Waals surface area (Å²) in [5.41, 5.74) is 6.80. The van der Waals surface area contributed by atoms with Crippen LogP contribution in [0.4, 0.5) is 0 Å². The predicted molar refractivity (Wildman–Crippen MR) is 68.3 cm³/mol. The molecular weight excluding hydrogens is 214 g/mol. The molecule has 1 fully saturated rings. The summed E-state index contributed by atoms with van der Waals surface area (Å²) >= 11 is 0. The third-order valence-electron chi connectivity index (χ3n) is 3.03. The fourth-order valence-electron chi connectivity index (χ4n) is 2.06. The molecule has 1 heterocycles. The molecule has 0 bridgehead atoms. The van der Waals surface area contributed by atoms with Crippen molar-refractivity contribution in [3.8, 4) is 5.75 Å². The normalized spacial score (nSPS) is 19.5. The molecule has 0 amide bonds. The minimum absolute atomic E-state index is 0.280. The summed E-state index contributed by atoms with van der Waals surface area (Å²) in [6.07, 6.45) is 4.60. The number of benzene rings is 1. The van der Waals surface area contributed by atoms with E-state index in [-0.39, 0.29) is 6.10 Å². The maximum absolute atomic E-state index is 5.75. The monoisotopic (exact) mass is 235 g/mol. The van der Waals surface area contributed by atoms with Gasteiger partial charge in [-0.15, -0.1) is 0 Å². The van der Waals surface area contributed by atoms with Crippen LogP contribution in [0.1, 0.15) is 24.8 Å². The van der Waals surface area contributed by atoms with Crippen molar-refractivity contribution in [1.82, 2.24) is 0 Å². The van der Waals surface area contributed by atoms with Gasteiger partial charge in [-0.25, -0.2) is 0 Å². The van der Waals surface area contributed by atoms with Crippen LogP contribution in [0.3, 0.4) is 0 Å². The van der Waals surface area contributed by atoms with E-state index in [0.29, 0.717) is 6.61 Å². The van der Waals surface area contributed by atoms with Crippen LogP contribution in [0.25, 0.3) is 0 Å². The van der Waals surface area contributed by atoms with Crippen molar-refractivity contribution >= 4 is 0 Å². The van der Waals surface area contributed by atoms with Gasteiger partial charge in [0.25, 0.3) is 0 Å². The summed E-state index contributed by atoms with van der Waals surface area (Å²) in [6, 6.07) is 8.26. The van der Waals surface area contributed by atoms with Gasteiger partial charge in [0.15, 0.2) is 0 Å². The summed E-state index contributed by atoms with van der Waals surface area (Å²) in [5.74, 6) is 0.940. The van der Waals surface area contributed by atoms with Gasteiger partial charge in [-0.3, -0.25) is 0 Å². The second kappa shape index (κ2) is 6.62. The molecule has 3 nitrogen and oxygen atoms in total. The number of hydrogen-bond donors (Lipinski definition) is 1. The van der Waals surface area contributed by atoms with Crippen molar-refractivity contribution in [2.24, 2.45) is 5.73 Å². The van der Waals surface area contributed by atoms with Crippen LogP contribution in [-0.4, -0.2) is 25.9 Å². The highest BCUT2D eigenvalue weighted by molar-refractivity contribution is 5.28. The Morgan fingerprint density at radius 2 is 2.35 bits per heavy atom. The maximum Gasteiger partial charge on any atom is 0.119 e. The molecule has 1 aromatic carbocycles. The van der Waals surface area contributed by atoms with Crippen molar-refractivity contribution in [2.75, 3.05) is 19.8 Å². The first-order chi connectivity index (χ1) is 8.38. The number of ether oxygens (including phenoxy) is 2. The van der Waals surface area contributed by atoms with E-state index in [2.05, 4.69) is 12.1 Å². The Bertz CT molecular complexity index is 335. The first-order valence-electron chi connectivity index (χ1n) is 6.42. The van der Waals surface area contributed by atoms with Crippen LogP contribution in [0, 0.1) is 0 Å². The lowest BCUT2D eigenvalue weighted by Crippen LogP contribution is -2.16. The zero-order valence-corrected chi connectivity index (χ0v) is 10.2. The summed E-state index contributed by atoms with van der Waals surface area (Å²) in [6.45, 7) is 2.28. The lowest BCUT2D eigenvalue weighted by Gasteiger charge is -2.12. The highest BCUT2D eigenvalue weighted by Crippen LogP contribution is 2.17. The van der Waals surface area contributed by atoms with E-state index in [1.54, 1.807) is 0 Å². The van der Waals surface area contributed by atoms with Gasteiger partial charge in [0.05, 0.1) is 6.10 Å². The summed E-state index contributed by atoms with van der Waals surface area (Å²) in [4.78, 5) is 0. The van der Waals surface area contributed by atoms with E-state index in [1.165, 1.54) is 5.56 Å². The van der Waals surface area contributed by atoms with Crippen LogP contribution >= 0.6 is 0 Å². The van der Waals surface area contributed by atoms with Gasteiger partial charge in [0.2, 0.25) is 0 Å². The molecule has 0 radical (unpaired) electrons. The molecule has 0 saturated carbocycles. The van der Waals surface area contributed by atoms with E-state index in [4.69, 9.17) is 15.2 Å². The van der Waals surface area contributed by atoms with E-state index in [9.17, 15) is 0 Å². The smallest absolute Gasteiger partial charge is 0.119 e. The standard InChI is InChI=1S/C14H21NO2/c15-8-2-5-12-4-1-6-13(10-12)17-11-14-7-3-9-16-14/h1,4,6,10,14H,2-3,5,7-9,11,15H2. The molecule has 2 rings (SSSR count). The molecular formula is C14H21NO2. The minimum atomic E-state index is 0.280. The zero-order valence-electron chi connectivity index (χ0n) is 10.2. The second-order valence-corrected chi connectivity index (χ2v) is 4.49. The average Bonchev–Trinajstić information content (AvgIpc) is 2.87. The van der Waals surface area contributed by atoms with Gasteiger partial charge in [-0.1, -0.05) is 12.1 Å². The zero-order chi connectivity index (χ0) is 11.9. The first-order valence-corrected chi connectivity index (χ1v) is 6.42. The third kappa shape index (κ3) is 4.02. The maximum atomic E-state index is 5.75. The van der Waals surface area contributed by atoms with Gasteiger partial charge in [-0.05, 0) is 49.9 Å². The number of hydrogen-bond acceptors (Lipinski definition) is 3. The van der Waals surface area contributed by atoms with Crippen molar-refractivity contribution in [1.29, 1.82) is 0 Å². The largest absolute Gasteiger partial charge is 0.491 e. The Labute approximate surface area is 103 Å². The van der Waals surface area contributed by atoms with Crippen molar-refractivity contribution in [3.63, 3.8) is 0 Å². The van der Waals surface area contributed by atoms with E-state index >= 15 is 0 Å². The number of rotatable bonds is 6. The van der Waals surface area contributed by atoms with E-state index < -0.39 is 0 Å². The molecule has 94 valence electrons. The Balaban J connectivity index is 1.82. The fraction of sp³-hybridized carbons (Fsp3) is 0.571. The van der Waals surface area contributed by atoms with Gasteiger partial charge in [-0.2, -0.15) is 0 Å². The number of nitrogens with two attached hydrogens (primary N) is 1. The SMILES string of the molecule is NCCCc1cccc(OCC2CCCO2)c1. The van der Waals surface area contributed by atoms with E-state index in [1.807, 2.05) is 12.1 Å². The third-order valence-corrected chi connectivity index (χ3v) is 3.03. The molecule has 1 atom stereocenters. The topological polar surface area (TPSA) is 44.5 Å². The first kappa shape index (κ1) is 12.4. The molecule has 1 aromatic rings. The minimum Gasteiger partial charge on any atom is -0.491 e. The molecule has 1 unspecified atom stereocenters. The summed E-state index contributed by atoms with van der Waals surface area (Å²) in [5, 5.41) is 0.